The highest BCUT2D eigenvalue weighted by atomic mass is 32.2. The van der Waals surface area contributed by atoms with Crippen molar-refractivity contribution >= 4 is 40.6 Å². The minimum Gasteiger partial charge on any atom is -0.508 e. The van der Waals surface area contributed by atoms with E-state index in [9.17, 15) is 14.7 Å². The molecule has 1 saturated heterocycles. The first kappa shape index (κ1) is 19.6. The fourth-order valence-corrected chi connectivity index (χ4v) is 3.52. The number of carbonyl (C=O) groups excluding carboxylic acids is 2. The van der Waals surface area contributed by atoms with Crippen LogP contribution in [-0.4, -0.2) is 33.6 Å². The number of amides is 2. The van der Waals surface area contributed by atoms with E-state index < -0.39 is 5.25 Å². The third-order valence-corrected chi connectivity index (χ3v) is 5.32. The zero-order valence-corrected chi connectivity index (χ0v) is 16.3. The zero-order chi connectivity index (χ0) is 20.1. The Bertz CT molecular complexity index is 972. The highest BCUT2D eigenvalue weighted by molar-refractivity contribution is 8.15. The van der Waals surface area contributed by atoms with Crippen LogP contribution in [0.3, 0.4) is 0 Å². The van der Waals surface area contributed by atoms with E-state index in [-0.39, 0.29) is 24.0 Å². The van der Waals surface area contributed by atoms with Gasteiger partial charge < -0.3 is 15.7 Å². The topological polar surface area (TPSA) is 103 Å². The van der Waals surface area contributed by atoms with Gasteiger partial charge in [-0.2, -0.15) is 5.10 Å². The number of rotatable bonds is 5. The fourth-order valence-electron chi connectivity index (χ4n) is 2.60. The van der Waals surface area contributed by atoms with Crippen LogP contribution in [0.5, 0.6) is 5.75 Å². The van der Waals surface area contributed by atoms with E-state index in [1.807, 2.05) is 32.0 Å². The highest BCUT2D eigenvalue weighted by Gasteiger charge is 2.32. The second-order valence-electron chi connectivity index (χ2n) is 6.34. The second-order valence-corrected chi connectivity index (χ2v) is 7.53. The molecule has 2 amide bonds. The summed E-state index contributed by atoms with van der Waals surface area (Å²) in [5.41, 5.74) is 3.52. The number of carbonyl (C=O) groups is 2. The Morgan fingerprint density at radius 3 is 2.86 bits per heavy atom. The lowest BCUT2D eigenvalue weighted by Gasteiger charge is -2.11. The Balaban J connectivity index is 1.58. The molecule has 2 aromatic carbocycles. The molecule has 0 aromatic heterocycles. The Kier molecular flexibility index (Phi) is 6.10. The van der Waals surface area contributed by atoms with Crippen molar-refractivity contribution in [1.82, 2.24) is 5.32 Å². The average Bonchev–Trinajstić information content (AvgIpc) is 2.98. The number of aryl methyl sites for hydroxylation is 1. The standard InChI is InChI=1S/C20H20N4O3S/c1-12-5-3-8-16(13(12)2)22-18(26)10-17-19(27)23-20(28-17)24-21-11-14-6-4-7-15(25)9-14/h3-9,11,17,25H,10H2,1-2H3,(H,22,26)(H,23,24,27)/b21-11-/t17-/m0/s1. The molecule has 0 bridgehead atoms. The molecule has 1 fully saturated rings. The van der Waals surface area contributed by atoms with Crippen LogP contribution in [0, 0.1) is 13.8 Å². The maximum Gasteiger partial charge on any atom is 0.240 e. The predicted octanol–water partition coefficient (Wildman–Crippen LogP) is 2.96. The maximum atomic E-state index is 12.3. The van der Waals surface area contributed by atoms with Crippen LogP contribution in [0.2, 0.25) is 0 Å². The average molecular weight is 396 g/mol. The van der Waals surface area contributed by atoms with E-state index in [2.05, 4.69) is 20.8 Å². The van der Waals surface area contributed by atoms with Crippen molar-refractivity contribution in [2.45, 2.75) is 25.5 Å². The molecule has 0 saturated carbocycles. The van der Waals surface area contributed by atoms with Crippen molar-refractivity contribution in [2.75, 3.05) is 5.32 Å². The Labute approximate surface area is 167 Å². The second kappa shape index (κ2) is 8.71. The molecule has 3 rings (SSSR count). The smallest absolute Gasteiger partial charge is 0.240 e. The molecule has 1 atom stereocenters. The third kappa shape index (κ3) is 4.98. The maximum absolute atomic E-state index is 12.3. The zero-order valence-electron chi connectivity index (χ0n) is 15.5. The molecule has 3 N–H and O–H groups in total. The Hall–Kier alpha value is -3.13. The van der Waals surface area contributed by atoms with Crippen molar-refractivity contribution in [2.24, 2.45) is 10.2 Å². The first-order valence-corrected chi connectivity index (χ1v) is 9.54. The third-order valence-electron chi connectivity index (χ3n) is 4.25. The molecule has 144 valence electrons. The van der Waals surface area contributed by atoms with Crippen LogP contribution in [0.1, 0.15) is 23.1 Å². The first-order chi connectivity index (χ1) is 13.4. The number of nitrogens with one attached hydrogen (secondary N) is 2. The van der Waals surface area contributed by atoms with Gasteiger partial charge in [-0.1, -0.05) is 36.0 Å². The van der Waals surface area contributed by atoms with E-state index >= 15 is 0 Å². The van der Waals surface area contributed by atoms with E-state index in [4.69, 9.17) is 0 Å². The Morgan fingerprint density at radius 2 is 2.07 bits per heavy atom. The SMILES string of the molecule is Cc1cccc(NC(=O)C[C@@H]2S/C(=N/N=C\c3cccc(O)c3)NC2=O)c1C. The minimum atomic E-state index is -0.556. The van der Waals surface area contributed by atoms with Gasteiger partial charge >= 0.3 is 0 Å². The van der Waals surface area contributed by atoms with E-state index in [0.717, 1.165) is 16.8 Å². The molecule has 7 nitrogen and oxygen atoms in total. The predicted molar refractivity (Wildman–Crippen MR) is 112 cm³/mol. The van der Waals surface area contributed by atoms with Gasteiger partial charge in [0.05, 0.1) is 6.21 Å². The van der Waals surface area contributed by atoms with Crippen LogP contribution < -0.4 is 10.6 Å². The van der Waals surface area contributed by atoms with E-state index in [0.29, 0.717) is 10.7 Å². The quantitative estimate of drug-likeness (QED) is 0.534. The number of anilines is 1. The van der Waals surface area contributed by atoms with Gasteiger partial charge in [-0.05, 0) is 48.7 Å². The van der Waals surface area contributed by atoms with Gasteiger partial charge in [0, 0.05) is 12.1 Å². The van der Waals surface area contributed by atoms with Crippen LogP contribution in [0.4, 0.5) is 5.69 Å². The van der Waals surface area contributed by atoms with Gasteiger partial charge in [0.2, 0.25) is 11.8 Å². The molecule has 1 aliphatic heterocycles. The number of aromatic hydroxyl groups is 1. The first-order valence-electron chi connectivity index (χ1n) is 8.66. The summed E-state index contributed by atoms with van der Waals surface area (Å²) < 4.78 is 0. The molecule has 1 heterocycles. The summed E-state index contributed by atoms with van der Waals surface area (Å²) >= 11 is 1.17. The van der Waals surface area contributed by atoms with Crippen LogP contribution in [-0.2, 0) is 9.59 Å². The summed E-state index contributed by atoms with van der Waals surface area (Å²) in [4.78, 5) is 24.4. The molecular formula is C20H20N4O3S. The summed E-state index contributed by atoms with van der Waals surface area (Å²) in [6, 6.07) is 12.3. The number of amidine groups is 1. The molecular weight excluding hydrogens is 376 g/mol. The highest BCUT2D eigenvalue weighted by Crippen LogP contribution is 2.24. The van der Waals surface area contributed by atoms with Gasteiger partial charge in [0.15, 0.2) is 5.17 Å². The van der Waals surface area contributed by atoms with Gasteiger partial charge in [-0.3, -0.25) is 9.59 Å². The van der Waals surface area contributed by atoms with E-state index in [1.165, 1.54) is 18.0 Å². The number of nitrogens with zero attached hydrogens (tertiary/aromatic N) is 2. The molecule has 8 heteroatoms. The molecule has 1 aliphatic rings. The van der Waals surface area contributed by atoms with Crippen molar-refractivity contribution in [1.29, 1.82) is 0 Å². The van der Waals surface area contributed by atoms with Crippen LogP contribution >= 0.6 is 11.8 Å². The minimum absolute atomic E-state index is 0.0408. The molecule has 28 heavy (non-hydrogen) atoms. The lowest BCUT2D eigenvalue weighted by Crippen LogP contribution is -2.28. The molecule has 2 aromatic rings. The van der Waals surface area contributed by atoms with Gasteiger partial charge in [0.1, 0.15) is 11.0 Å². The van der Waals surface area contributed by atoms with Crippen LogP contribution in [0.25, 0.3) is 0 Å². The van der Waals surface area contributed by atoms with Gasteiger partial charge in [-0.25, -0.2) is 0 Å². The monoisotopic (exact) mass is 396 g/mol. The van der Waals surface area contributed by atoms with Crippen molar-refractivity contribution in [3.8, 4) is 5.75 Å². The summed E-state index contributed by atoms with van der Waals surface area (Å²) in [6.45, 7) is 3.92. The van der Waals surface area contributed by atoms with E-state index in [1.54, 1.807) is 24.3 Å². The van der Waals surface area contributed by atoms with Crippen LogP contribution in [0.15, 0.2) is 52.7 Å². The van der Waals surface area contributed by atoms with Crippen molar-refractivity contribution in [3.63, 3.8) is 0 Å². The summed E-state index contributed by atoms with van der Waals surface area (Å²) in [5.74, 6) is -0.367. The molecule has 0 spiro atoms. The summed E-state index contributed by atoms with van der Waals surface area (Å²) in [7, 11) is 0. The number of benzene rings is 2. The number of thioether (sulfide) groups is 1. The fraction of sp³-hybridized carbons (Fsp3) is 0.200. The molecule has 0 aliphatic carbocycles. The summed E-state index contributed by atoms with van der Waals surface area (Å²) in [6.07, 6.45) is 1.51. The number of hydrogen-bond donors (Lipinski definition) is 3. The largest absolute Gasteiger partial charge is 0.508 e. The molecule has 0 unspecified atom stereocenters. The number of phenolic OH excluding ortho intramolecular Hbond substituents is 1. The molecule has 0 radical (unpaired) electrons. The lowest BCUT2D eigenvalue weighted by atomic mass is 10.1. The van der Waals surface area contributed by atoms with Gasteiger partial charge in [0.25, 0.3) is 0 Å². The number of phenols is 1. The van der Waals surface area contributed by atoms with Crippen molar-refractivity contribution in [3.05, 3.63) is 59.2 Å². The summed E-state index contributed by atoms with van der Waals surface area (Å²) in [5, 5.41) is 22.6. The van der Waals surface area contributed by atoms with Crippen molar-refractivity contribution < 1.29 is 14.7 Å². The number of hydrogen-bond acceptors (Lipinski definition) is 6. The Morgan fingerprint density at radius 1 is 1.29 bits per heavy atom. The normalized spacial score (nSPS) is 17.9. The lowest BCUT2D eigenvalue weighted by molar-refractivity contribution is -0.122. The van der Waals surface area contributed by atoms with Gasteiger partial charge in [-0.15, -0.1) is 5.10 Å².